The Kier molecular flexibility index (Phi) is 11.6. The van der Waals surface area contributed by atoms with Crippen LogP contribution in [0.2, 0.25) is 0 Å². The lowest BCUT2D eigenvalue weighted by atomic mass is 9.85. The minimum Gasteiger partial charge on any atom is -0.465 e. The molecule has 0 spiro atoms. The van der Waals surface area contributed by atoms with Crippen LogP contribution in [-0.2, 0) is 14.3 Å². The molecule has 5 heterocycles. The number of methoxy groups -OCH3 is 1. The Bertz CT molecular complexity index is 2520. The Morgan fingerprint density at radius 1 is 0.698 bits per heavy atom. The highest BCUT2D eigenvalue weighted by Crippen LogP contribution is 2.48. The van der Waals surface area contributed by atoms with E-state index in [9.17, 15) is 28.7 Å². The number of benzene rings is 3. The first-order chi connectivity index (χ1) is 29.9. The summed E-state index contributed by atoms with van der Waals surface area (Å²) < 4.78 is 19.2. The molecular formula is C47H58FN9O6. The van der Waals surface area contributed by atoms with Crippen molar-refractivity contribution in [3.63, 3.8) is 0 Å². The summed E-state index contributed by atoms with van der Waals surface area (Å²) in [6.07, 6.45) is 2.76. The lowest BCUT2D eigenvalue weighted by Crippen LogP contribution is -2.54. The standard InChI is InChI=1S/C47H58FN9O6/c1-46(2,3)38(53-44(60)61)42(58)55-22-8-10-36(55)40-49-30-18-12-26(24-32(30)51-40)34-20-21-35(57(34)29-16-14-28(48)15-17-29)27-13-19-31-33(25-27)52-41(50-31)37-11-9-23-56(37)43(59)39(47(4,5)6)54-45(62)63-7/h12-19,24-25,34-39,53H,8-11,20-23H2,1-7H3,(H,49,51)(H,50,52)(H,54,62)(H,60,61)/t34-,35-,36-,37-,38+,39+/m0/s1. The zero-order valence-corrected chi connectivity index (χ0v) is 37.0. The summed E-state index contributed by atoms with van der Waals surface area (Å²) in [5.74, 6) is 0.603. The molecule has 15 nitrogen and oxygen atoms in total. The van der Waals surface area contributed by atoms with Gasteiger partial charge in [-0.2, -0.15) is 0 Å². The van der Waals surface area contributed by atoms with Crippen molar-refractivity contribution in [2.75, 3.05) is 25.1 Å². The smallest absolute Gasteiger partial charge is 0.407 e. The van der Waals surface area contributed by atoms with Crippen LogP contribution in [0.5, 0.6) is 0 Å². The number of ether oxygens (including phenoxy) is 1. The number of likely N-dealkylation sites (tertiary alicyclic amines) is 2. The first kappa shape index (κ1) is 43.5. The third-order valence-electron chi connectivity index (χ3n) is 13.0. The molecule has 2 aromatic heterocycles. The summed E-state index contributed by atoms with van der Waals surface area (Å²) >= 11 is 0. The summed E-state index contributed by atoms with van der Waals surface area (Å²) in [7, 11) is 1.28. The van der Waals surface area contributed by atoms with Gasteiger partial charge in [0.2, 0.25) is 11.8 Å². The van der Waals surface area contributed by atoms with E-state index in [0.29, 0.717) is 31.2 Å². The van der Waals surface area contributed by atoms with Gasteiger partial charge in [-0.15, -0.1) is 0 Å². The van der Waals surface area contributed by atoms with E-state index in [4.69, 9.17) is 14.7 Å². The average Bonchev–Trinajstić information content (AvgIpc) is 4.08. The van der Waals surface area contributed by atoms with Crippen molar-refractivity contribution in [3.8, 4) is 0 Å². The number of fused-ring (bicyclic) bond motifs is 2. The van der Waals surface area contributed by atoms with Crippen LogP contribution in [0.25, 0.3) is 22.1 Å². The zero-order valence-electron chi connectivity index (χ0n) is 37.0. The van der Waals surface area contributed by atoms with Crippen molar-refractivity contribution in [1.29, 1.82) is 0 Å². The van der Waals surface area contributed by atoms with Gasteiger partial charge in [-0.25, -0.2) is 23.9 Å². The van der Waals surface area contributed by atoms with Crippen LogP contribution in [0.3, 0.4) is 0 Å². The van der Waals surface area contributed by atoms with Crippen molar-refractivity contribution >= 4 is 51.8 Å². The molecule has 334 valence electrons. The Labute approximate surface area is 366 Å². The summed E-state index contributed by atoms with van der Waals surface area (Å²) in [6, 6.07) is 16.6. The van der Waals surface area contributed by atoms with Crippen LogP contribution in [0.15, 0.2) is 60.7 Å². The maximum absolute atomic E-state index is 14.4. The Morgan fingerprint density at radius 3 is 1.59 bits per heavy atom. The first-order valence-electron chi connectivity index (χ1n) is 21.9. The number of hydrogen-bond acceptors (Lipinski definition) is 8. The Hall–Kier alpha value is -6.19. The molecule has 3 aliphatic heterocycles. The maximum Gasteiger partial charge on any atom is 0.407 e. The monoisotopic (exact) mass is 863 g/mol. The number of imidazole rings is 2. The molecule has 0 radical (unpaired) electrons. The quantitative estimate of drug-likeness (QED) is 0.0969. The van der Waals surface area contributed by atoms with E-state index in [1.165, 1.54) is 19.2 Å². The molecule has 0 unspecified atom stereocenters. The number of H-pyrrole nitrogens is 2. The fourth-order valence-electron chi connectivity index (χ4n) is 9.81. The SMILES string of the molecule is COC(=O)N[C@H](C(=O)N1CCC[C@H]1c1nc2cc([C@@H]3CC[C@@H](c4ccc5[nH]c([C@@H]6CCCN6C(=O)[C@@H](NC(=O)O)C(C)(C)C)nc5c4)N3c3ccc(F)cc3)ccc2[nH]1)C(C)(C)C. The molecular weight excluding hydrogens is 806 g/mol. The number of nitrogens with zero attached hydrogens (tertiary/aromatic N) is 5. The van der Waals surface area contributed by atoms with Gasteiger partial charge < -0.3 is 45.1 Å². The third-order valence-corrected chi connectivity index (χ3v) is 13.0. The predicted molar refractivity (Wildman–Crippen MR) is 236 cm³/mol. The number of aromatic nitrogens is 4. The number of halogens is 1. The number of carbonyl (C=O) groups is 4. The van der Waals surface area contributed by atoms with Gasteiger partial charge in [-0.3, -0.25) is 9.59 Å². The number of rotatable bonds is 9. The number of hydrogen-bond donors (Lipinski definition) is 5. The highest BCUT2D eigenvalue weighted by molar-refractivity contribution is 5.88. The van der Waals surface area contributed by atoms with Gasteiger partial charge in [0.25, 0.3) is 0 Å². The fourth-order valence-corrected chi connectivity index (χ4v) is 9.81. The lowest BCUT2D eigenvalue weighted by molar-refractivity contribution is -0.137. The first-order valence-corrected chi connectivity index (χ1v) is 21.9. The summed E-state index contributed by atoms with van der Waals surface area (Å²) in [5.41, 5.74) is 5.04. The van der Waals surface area contributed by atoms with Gasteiger partial charge in [0, 0.05) is 18.8 Å². The number of aromatic amines is 2. The van der Waals surface area contributed by atoms with Crippen LogP contribution in [0.4, 0.5) is 19.7 Å². The van der Waals surface area contributed by atoms with Crippen LogP contribution >= 0.6 is 0 Å². The van der Waals surface area contributed by atoms with Gasteiger partial charge >= 0.3 is 12.2 Å². The van der Waals surface area contributed by atoms with Gasteiger partial charge in [-0.1, -0.05) is 53.7 Å². The van der Waals surface area contributed by atoms with E-state index in [-0.39, 0.29) is 41.8 Å². The van der Waals surface area contributed by atoms with Crippen molar-refractivity contribution in [2.24, 2.45) is 10.8 Å². The second kappa shape index (κ2) is 16.8. The normalized spacial score (nSPS) is 21.6. The molecule has 0 aliphatic carbocycles. The van der Waals surface area contributed by atoms with Crippen molar-refractivity contribution < 1.29 is 33.4 Å². The predicted octanol–water partition coefficient (Wildman–Crippen LogP) is 8.44. The molecule has 63 heavy (non-hydrogen) atoms. The molecule has 0 bridgehead atoms. The van der Waals surface area contributed by atoms with E-state index in [0.717, 1.165) is 71.0 Å². The van der Waals surface area contributed by atoms with Gasteiger partial charge in [0.15, 0.2) is 0 Å². The summed E-state index contributed by atoms with van der Waals surface area (Å²) in [5, 5.41) is 14.7. The van der Waals surface area contributed by atoms with Gasteiger partial charge in [0.1, 0.15) is 29.5 Å². The topological polar surface area (TPSA) is 189 Å². The lowest BCUT2D eigenvalue weighted by Gasteiger charge is -2.34. The Balaban J connectivity index is 1.07. The average molecular weight is 864 g/mol. The summed E-state index contributed by atoms with van der Waals surface area (Å²) in [4.78, 5) is 74.7. The molecule has 3 saturated heterocycles. The van der Waals surface area contributed by atoms with Crippen molar-refractivity contribution in [3.05, 3.63) is 89.3 Å². The van der Waals surface area contributed by atoms with E-state index >= 15 is 0 Å². The molecule has 8 rings (SSSR count). The third kappa shape index (κ3) is 8.63. The molecule has 6 atom stereocenters. The number of carboxylic acid groups (broad SMARTS) is 1. The van der Waals surface area contributed by atoms with Crippen molar-refractivity contribution in [2.45, 2.75) is 116 Å². The highest BCUT2D eigenvalue weighted by Gasteiger charge is 2.43. The van der Waals surface area contributed by atoms with Crippen LogP contribution in [0.1, 0.15) is 127 Å². The van der Waals surface area contributed by atoms with E-state index in [1.807, 2.05) is 70.7 Å². The molecule has 5 N–H and O–H groups in total. The second-order valence-electron chi connectivity index (χ2n) is 19.4. The zero-order chi connectivity index (χ0) is 45.0. The number of nitrogens with one attached hydrogen (secondary N) is 4. The Morgan fingerprint density at radius 2 is 1.16 bits per heavy atom. The molecule has 3 aromatic carbocycles. The highest BCUT2D eigenvalue weighted by atomic mass is 19.1. The largest absolute Gasteiger partial charge is 0.465 e. The van der Waals surface area contributed by atoms with E-state index < -0.39 is 35.1 Å². The number of amides is 4. The summed E-state index contributed by atoms with van der Waals surface area (Å²) in [6.45, 7) is 12.3. The molecule has 3 aliphatic rings. The number of anilines is 1. The van der Waals surface area contributed by atoms with Crippen LogP contribution < -0.4 is 15.5 Å². The molecule has 0 saturated carbocycles. The van der Waals surface area contributed by atoms with E-state index in [2.05, 4.69) is 49.8 Å². The molecule has 4 amide bonds. The van der Waals surface area contributed by atoms with Crippen molar-refractivity contribution in [1.82, 2.24) is 40.4 Å². The molecule has 5 aromatic rings. The number of carbonyl (C=O) groups excluding carboxylic acids is 3. The molecule has 16 heteroatoms. The van der Waals surface area contributed by atoms with Gasteiger partial charge in [0.05, 0.1) is 53.3 Å². The van der Waals surface area contributed by atoms with Gasteiger partial charge in [-0.05, 0) is 109 Å². The fraction of sp³-hybridized carbons (Fsp3) is 0.489. The minimum atomic E-state index is -1.24. The number of alkyl carbamates (subject to hydrolysis) is 1. The minimum absolute atomic E-state index is 0.0646. The molecule has 3 fully saturated rings. The van der Waals surface area contributed by atoms with E-state index in [1.54, 1.807) is 4.90 Å². The second-order valence-corrected chi connectivity index (χ2v) is 19.4. The van der Waals surface area contributed by atoms with Crippen LogP contribution in [0, 0.1) is 16.6 Å². The maximum atomic E-state index is 14.4. The van der Waals surface area contributed by atoms with Crippen LogP contribution in [-0.4, -0.2) is 91.1 Å².